The molecule has 0 amide bonds. The molecule has 1 N–H and O–H groups in total. The fraction of sp³-hybridized carbons (Fsp3) is 0.143. The maximum atomic E-state index is 13.3. The number of hydrogen-bond acceptors (Lipinski definition) is 6. The third kappa shape index (κ3) is 3.05. The van der Waals surface area contributed by atoms with E-state index in [1.807, 2.05) is 0 Å². The van der Waals surface area contributed by atoms with Gasteiger partial charge in [0, 0.05) is 12.3 Å². The van der Waals surface area contributed by atoms with Crippen LogP contribution in [0.4, 0.5) is 14.7 Å². The molecule has 0 bridgehead atoms. The van der Waals surface area contributed by atoms with Crippen LogP contribution in [0.15, 0.2) is 41.3 Å². The van der Waals surface area contributed by atoms with Crippen LogP contribution in [0, 0.1) is 11.6 Å². The van der Waals surface area contributed by atoms with Crippen LogP contribution >= 0.6 is 0 Å². The SMILES string of the molecule is C[C@@H](Nc1nccc(-c2nnco2)n1)c1cc(F)cc(F)c1. The van der Waals surface area contributed by atoms with Gasteiger partial charge in [-0.05, 0) is 30.7 Å². The molecule has 0 spiro atoms. The van der Waals surface area contributed by atoms with E-state index in [0.717, 1.165) is 6.07 Å². The van der Waals surface area contributed by atoms with Crippen molar-refractivity contribution in [2.45, 2.75) is 13.0 Å². The van der Waals surface area contributed by atoms with E-state index in [2.05, 4.69) is 25.5 Å². The van der Waals surface area contributed by atoms with Crippen molar-refractivity contribution < 1.29 is 13.2 Å². The van der Waals surface area contributed by atoms with E-state index in [4.69, 9.17) is 4.42 Å². The van der Waals surface area contributed by atoms with Gasteiger partial charge in [-0.25, -0.2) is 18.7 Å². The second kappa shape index (κ2) is 5.84. The van der Waals surface area contributed by atoms with Crippen LogP contribution in [0.3, 0.4) is 0 Å². The minimum absolute atomic E-state index is 0.259. The molecule has 0 saturated carbocycles. The fourth-order valence-electron chi connectivity index (χ4n) is 1.93. The van der Waals surface area contributed by atoms with Crippen molar-refractivity contribution in [1.29, 1.82) is 0 Å². The number of rotatable bonds is 4. The van der Waals surface area contributed by atoms with Gasteiger partial charge in [-0.1, -0.05) is 0 Å². The fourth-order valence-corrected chi connectivity index (χ4v) is 1.93. The molecule has 0 unspecified atom stereocenters. The molecule has 2 aromatic heterocycles. The summed E-state index contributed by atoms with van der Waals surface area (Å²) >= 11 is 0. The van der Waals surface area contributed by atoms with Gasteiger partial charge < -0.3 is 9.73 Å². The van der Waals surface area contributed by atoms with Crippen LogP contribution in [-0.2, 0) is 0 Å². The molecule has 1 aromatic carbocycles. The van der Waals surface area contributed by atoms with Gasteiger partial charge in [-0.2, -0.15) is 0 Å². The van der Waals surface area contributed by atoms with Crippen molar-refractivity contribution in [2.24, 2.45) is 0 Å². The monoisotopic (exact) mass is 303 g/mol. The molecule has 3 aromatic rings. The van der Waals surface area contributed by atoms with Gasteiger partial charge in [0.25, 0.3) is 5.89 Å². The highest BCUT2D eigenvalue weighted by atomic mass is 19.1. The molecule has 0 radical (unpaired) electrons. The molecular weight excluding hydrogens is 292 g/mol. The van der Waals surface area contributed by atoms with Crippen molar-refractivity contribution in [3.8, 4) is 11.6 Å². The molecule has 112 valence electrons. The summed E-state index contributed by atoms with van der Waals surface area (Å²) in [4.78, 5) is 8.28. The molecule has 22 heavy (non-hydrogen) atoms. The zero-order chi connectivity index (χ0) is 15.5. The Morgan fingerprint density at radius 2 is 1.95 bits per heavy atom. The van der Waals surface area contributed by atoms with Crippen molar-refractivity contribution in [3.05, 3.63) is 54.1 Å². The average molecular weight is 303 g/mol. The zero-order valence-corrected chi connectivity index (χ0v) is 11.5. The summed E-state index contributed by atoms with van der Waals surface area (Å²) < 4.78 is 31.6. The van der Waals surface area contributed by atoms with E-state index in [1.54, 1.807) is 13.0 Å². The van der Waals surface area contributed by atoms with E-state index in [0.29, 0.717) is 11.3 Å². The number of hydrogen-bond donors (Lipinski definition) is 1. The summed E-state index contributed by atoms with van der Waals surface area (Å²) in [5.74, 6) is -0.726. The summed E-state index contributed by atoms with van der Waals surface area (Å²) in [5, 5.41) is 10.3. The average Bonchev–Trinajstić information content (AvgIpc) is 3.00. The Bertz CT molecular complexity index is 758. The molecule has 0 aliphatic rings. The van der Waals surface area contributed by atoms with Gasteiger partial charge in [0.1, 0.15) is 17.3 Å². The lowest BCUT2D eigenvalue weighted by molar-refractivity contribution is 0.566. The smallest absolute Gasteiger partial charge is 0.266 e. The number of nitrogens with zero attached hydrogens (tertiary/aromatic N) is 4. The molecular formula is C14H11F2N5O. The predicted molar refractivity (Wildman–Crippen MR) is 73.7 cm³/mol. The van der Waals surface area contributed by atoms with Crippen molar-refractivity contribution in [3.63, 3.8) is 0 Å². The second-order valence-electron chi connectivity index (χ2n) is 4.58. The third-order valence-corrected chi connectivity index (χ3v) is 2.97. The number of halogens is 2. The highest BCUT2D eigenvalue weighted by Gasteiger charge is 2.12. The van der Waals surface area contributed by atoms with E-state index in [-0.39, 0.29) is 17.9 Å². The molecule has 0 fully saturated rings. The molecule has 3 rings (SSSR count). The quantitative estimate of drug-likeness (QED) is 0.798. The summed E-state index contributed by atoms with van der Waals surface area (Å²) in [6.07, 6.45) is 2.72. The van der Waals surface area contributed by atoms with E-state index in [9.17, 15) is 8.78 Å². The first-order valence-electron chi connectivity index (χ1n) is 6.44. The Labute approximate surface area is 124 Å². The highest BCUT2D eigenvalue weighted by Crippen LogP contribution is 2.20. The number of benzene rings is 1. The molecule has 8 heteroatoms. The van der Waals surface area contributed by atoms with Crippen molar-refractivity contribution in [2.75, 3.05) is 5.32 Å². The summed E-state index contributed by atoms with van der Waals surface area (Å²) in [5.41, 5.74) is 0.900. The van der Waals surface area contributed by atoms with Crippen LogP contribution in [-0.4, -0.2) is 20.2 Å². The topological polar surface area (TPSA) is 76.7 Å². The highest BCUT2D eigenvalue weighted by molar-refractivity contribution is 5.48. The van der Waals surface area contributed by atoms with Crippen LogP contribution in [0.25, 0.3) is 11.6 Å². The lowest BCUT2D eigenvalue weighted by Crippen LogP contribution is -2.10. The maximum absolute atomic E-state index is 13.3. The van der Waals surface area contributed by atoms with E-state index >= 15 is 0 Å². The van der Waals surface area contributed by atoms with Gasteiger partial charge in [0.2, 0.25) is 12.3 Å². The van der Waals surface area contributed by atoms with Crippen LogP contribution in [0.1, 0.15) is 18.5 Å². The summed E-state index contributed by atoms with van der Waals surface area (Å²) in [6, 6.07) is 4.56. The Kier molecular flexibility index (Phi) is 3.73. The first kappa shape index (κ1) is 14.1. The number of nitrogens with one attached hydrogen (secondary N) is 1. The van der Waals surface area contributed by atoms with Crippen LogP contribution < -0.4 is 5.32 Å². The second-order valence-corrected chi connectivity index (χ2v) is 4.58. The van der Waals surface area contributed by atoms with Crippen LogP contribution in [0.5, 0.6) is 0 Å². The number of aromatic nitrogens is 4. The van der Waals surface area contributed by atoms with Crippen molar-refractivity contribution >= 4 is 5.95 Å². The standard InChI is InChI=1S/C14H11F2N5O/c1-8(9-4-10(15)6-11(16)5-9)19-14-17-3-2-12(20-14)13-21-18-7-22-13/h2-8H,1H3,(H,17,19,20)/t8-/m1/s1. The summed E-state index contributed by atoms with van der Waals surface area (Å²) in [7, 11) is 0. The lowest BCUT2D eigenvalue weighted by Gasteiger charge is -2.14. The maximum Gasteiger partial charge on any atom is 0.266 e. The normalized spacial score (nSPS) is 12.1. The van der Waals surface area contributed by atoms with Gasteiger partial charge in [-0.3, -0.25) is 0 Å². The Hall–Kier alpha value is -2.90. The zero-order valence-electron chi connectivity index (χ0n) is 11.5. The summed E-state index contributed by atoms with van der Waals surface area (Å²) in [6.45, 7) is 1.75. The van der Waals surface area contributed by atoms with Gasteiger partial charge in [0.05, 0.1) is 6.04 Å². The Balaban J connectivity index is 1.82. The largest absolute Gasteiger partial charge is 0.422 e. The van der Waals surface area contributed by atoms with E-state index < -0.39 is 11.6 Å². The Morgan fingerprint density at radius 1 is 1.18 bits per heavy atom. The molecule has 1 atom stereocenters. The van der Waals surface area contributed by atoms with Gasteiger partial charge in [-0.15, -0.1) is 10.2 Å². The molecule has 0 saturated heterocycles. The van der Waals surface area contributed by atoms with Gasteiger partial charge in [0.15, 0.2) is 0 Å². The first-order chi connectivity index (χ1) is 10.6. The molecule has 6 nitrogen and oxygen atoms in total. The Morgan fingerprint density at radius 3 is 2.64 bits per heavy atom. The minimum Gasteiger partial charge on any atom is -0.422 e. The van der Waals surface area contributed by atoms with Crippen LogP contribution in [0.2, 0.25) is 0 Å². The molecule has 0 aliphatic heterocycles. The molecule has 2 heterocycles. The van der Waals surface area contributed by atoms with Gasteiger partial charge >= 0.3 is 0 Å². The molecule has 0 aliphatic carbocycles. The van der Waals surface area contributed by atoms with E-state index in [1.165, 1.54) is 24.7 Å². The minimum atomic E-state index is -0.635. The number of anilines is 1. The first-order valence-corrected chi connectivity index (χ1v) is 6.44. The van der Waals surface area contributed by atoms with Crippen molar-refractivity contribution in [1.82, 2.24) is 20.2 Å². The third-order valence-electron chi connectivity index (χ3n) is 2.97. The lowest BCUT2D eigenvalue weighted by atomic mass is 10.1. The predicted octanol–water partition coefficient (Wildman–Crippen LogP) is 2.98.